The molecule has 17 heavy (non-hydrogen) atoms. The SMILES string of the molecule is COc1cccnc1C1(N)CC(C)CCC1C. The molecule has 3 atom stereocenters. The molecule has 3 heteroatoms. The van der Waals surface area contributed by atoms with Crippen molar-refractivity contribution in [2.75, 3.05) is 7.11 Å². The second kappa shape index (κ2) is 4.65. The van der Waals surface area contributed by atoms with Crippen LogP contribution in [0.25, 0.3) is 0 Å². The van der Waals surface area contributed by atoms with Crippen LogP contribution >= 0.6 is 0 Å². The molecule has 0 bridgehead atoms. The van der Waals surface area contributed by atoms with E-state index in [-0.39, 0.29) is 5.54 Å². The van der Waals surface area contributed by atoms with E-state index in [0.717, 1.165) is 24.3 Å². The number of ether oxygens (including phenoxy) is 1. The zero-order valence-corrected chi connectivity index (χ0v) is 10.9. The Labute approximate surface area is 103 Å². The first-order chi connectivity index (χ1) is 8.08. The minimum Gasteiger partial charge on any atom is -0.495 e. The van der Waals surface area contributed by atoms with Crippen LogP contribution in [0.5, 0.6) is 5.75 Å². The van der Waals surface area contributed by atoms with Gasteiger partial charge in [-0.25, -0.2) is 0 Å². The molecular weight excluding hydrogens is 212 g/mol. The van der Waals surface area contributed by atoms with Crippen molar-refractivity contribution in [3.05, 3.63) is 24.0 Å². The highest BCUT2D eigenvalue weighted by Crippen LogP contribution is 2.43. The van der Waals surface area contributed by atoms with Crippen LogP contribution in [-0.4, -0.2) is 12.1 Å². The lowest BCUT2D eigenvalue weighted by Crippen LogP contribution is -2.48. The van der Waals surface area contributed by atoms with Crippen LogP contribution in [0.4, 0.5) is 0 Å². The summed E-state index contributed by atoms with van der Waals surface area (Å²) in [6.45, 7) is 4.49. The van der Waals surface area contributed by atoms with Gasteiger partial charge in [0.25, 0.3) is 0 Å². The quantitative estimate of drug-likeness (QED) is 0.856. The van der Waals surface area contributed by atoms with Gasteiger partial charge < -0.3 is 10.5 Å². The average Bonchev–Trinajstić information content (AvgIpc) is 2.34. The van der Waals surface area contributed by atoms with Crippen molar-refractivity contribution in [1.82, 2.24) is 4.98 Å². The van der Waals surface area contributed by atoms with Gasteiger partial charge in [0.2, 0.25) is 0 Å². The summed E-state index contributed by atoms with van der Waals surface area (Å²) in [5.74, 6) is 1.92. The molecule has 0 spiro atoms. The zero-order chi connectivity index (χ0) is 12.5. The number of hydrogen-bond donors (Lipinski definition) is 1. The summed E-state index contributed by atoms with van der Waals surface area (Å²) in [5.41, 5.74) is 7.22. The summed E-state index contributed by atoms with van der Waals surface area (Å²) in [5, 5.41) is 0. The van der Waals surface area contributed by atoms with E-state index < -0.39 is 0 Å². The number of aromatic nitrogens is 1. The predicted molar refractivity (Wildman–Crippen MR) is 68.8 cm³/mol. The van der Waals surface area contributed by atoms with Gasteiger partial charge in [0, 0.05) is 6.20 Å². The van der Waals surface area contributed by atoms with Crippen molar-refractivity contribution in [2.45, 2.75) is 38.6 Å². The summed E-state index contributed by atoms with van der Waals surface area (Å²) in [6.07, 6.45) is 5.21. The van der Waals surface area contributed by atoms with Crippen LogP contribution in [0.3, 0.4) is 0 Å². The van der Waals surface area contributed by atoms with Gasteiger partial charge >= 0.3 is 0 Å². The van der Waals surface area contributed by atoms with Gasteiger partial charge in [0.1, 0.15) is 11.4 Å². The zero-order valence-electron chi connectivity index (χ0n) is 10.9. The molecule has 0 radical (unpaired) electrons. The summed E-state index contributed by atoms with van der Waals surface area (Å²) < 4.78 is 5.40. The van der Waals surface area contributed by atoms with Gasteiger partial charge in [0.15, 0.2) is 0 Å². The topological polar surface area (TPSA) is 48.1 Å². The maximum Gasteiger partial charge on any atom is 0.142 e. The monoisotopic (exact) mass is 234 g/mol. The van der Waals surface area contributed by atoms with Gasteiger partial charge in [-0.1, -0.05) is 20.3 Å². The molecule has 1 heterocycles. The van der Waals surface area contributed by atoms with Crippen LogP contribution in [0.2, 0.25) is 0 Å². The van der Waals surface area contributed by atoms with Crippen molar-refractivity contribution in [2.24, 2.45) is 17.6 Å². The lowest BCUT2D eigenvalue weighted by Gasteiger charge is -2.42. The Morgan fingerprint density at radius 2 is 2.18 bits per heavy atom. The van der Waals surface area contributed by atoms with Gasteiger partial charge in [-0.05, 0) is 36.8 Å². The minimum absolute atomic E-state index is 0.343. The van der Waals surface area contributed by atoms with E-state index in [0.29, 0.717) is 11.8 Å². The van der Waals surface area contributed by atoms with Gasteiger partial charge in [-0.15, -0.1) is 0 Å². The van der Waals surface area contributed by atoms with Crippen LogP contribution in [0.15, 0.2) is 18.3 Å². The maximum atomic E-state index is 6.65. The molecule has 1 aromatic heterocycles. The number of rotatable bonds is 2. The highest BCUT2D eigenvalue weighted by molar-refractivity contribution is 5.34. The first-order valence-electron chi connectivity index (χ1n) is 6.36. The standard InChI is InChI=1S/C14H22N2O/c1-10-6-7-11(2)14(15,9-10)13-12(17-3)5-4-8-16-13/h4-5,8,10-11H,6-7,9,15H2,1-3H3. The van der Waals surface area contributed by atoms with Crippen molar-refractivity contribution >= 4 is 0 Å². The third-order valence-corrected chi connectivity index (χ3v) is 4.09. The Bertz CT molecular complexity index is 394. The van der Waals surface area contributed by atoms with Gasteiger partial charge in [-0.3, -0.25) is 4.98 Å². The first-order valence-corrected chi connectivity index (χ1v) is 6.36. The number of nitrogens with zero attached hydrogens (tertiary/aromatic N) is 1. The second-order valence-electron chi connectivity index (χ2n) is 5.38. The lowest BCUT2D eigenvalue weighted by molar-refractivity contribution is 0.153. The second-order valence-corrected chi connectivity index (χ2v) is 5.38. The molecule has 3 unspecified atom stereocenters. The highest BCUT2D eigenvalue weighted by Gasteiger charge is 2.41. The molecule has 1 aromatic rings. The van der Waals surface area contributed by atoms with Crippen molar-refractivity contribution in [3.8, 4) is 5.75 Å². The largest absolute Gasteiger partial charge is 0.495 e. The summed E-state index contributed by atoms with van der Waals surface area (Å²) >= 11 is 0. The summed E-state index contributed by atoms with van der Waals surface area (Å²) in [6, 6.07) is 3.84. The molecule has 1 aliphatic rings. The van der Waals surface area contributed by atoms with Crippen molar-refractivity contribution in [1.29, 1.82) is 0 Å². The maximum absolute atomic E-state index is 6.65. The number of pyridine rings is 1. The molecule has 0 saturated heterocycles. The Morgan fingerprint density at radius 3 is 2.88 bits per heavy atom. The predicted octanol–water partition coefficient (Wildman–Crippen LogP) is 2.70. The third-order valence-electron chi connectivity index (χ3n) is 4.09. The number of nitrogens with two attached hydrogens (primary N) is 1. The number of hydrogen-bond acceptors (Lipinski definition) is 3. The van der Waals surface area contributed by atoms with Crippen LogP contribution < -0.4 is 10.5 Å². The van der Waals surface area contributed by atoms with Gasteiger partial charge in [0.05, 0.1) is 12.6 Å². The molecule has 1 saturated carbocycles. The van der Waals surface area contributed by atoms with E-state index in [4.69, 9.17) is 10.5 Å². The molecule has 94 valence electrons. The molecule has 0 amide bonds. The number of methoxy groups -OCH3 is 1. The van der Waals surface area contributed by atoms with Gasteiger partial charge in [-0.2, -0.15) is 0 Å². The fourth-order valence-corrected chi connectivity index (χ4v) is 2.91. The molecule has 1 aliphatic carbocycles. The molecule has 1 fully saturated rings. The summed E-state index contributed by atoms with van der Waals surface area (Å²) in [4.78, 5) is 4.48. The normalized spacial score (nSPS) is 33.4. The van der Waals surface area contributed by atoms with Crippen LogP contribution in [0, 0.1) is 11.8 Å². The smallest absolute Gasteiger partial charge is 0.142 e. The lowest BCUT2D eigenvalue weighted by atomic mass is 9.68. The summed E-state index contributed by atoms with van der Waals surface area (Å²) in [7, 11) is 1.68. The van der Waals surface area contributed by atoms with E-state index in [1.807, 2.05) is 12.1 Å². The van der Waals surface area contributed by atoms with E-state index in [2.05, 4.69) is 18.8 Å². The Morgan fingerprint density at radius 1 is 1.41 bits per heavy atom. The molecule has 2 rings (SSSR count). The molecule has 0 aliphatic heterocycles. The van der Waals surface area contributed by atoms with E-state index >= 15 is 0 Å². The van der Waals surface area contributed by atoms with E-state index in [9.17, 15) is 0 Å². The minimum atomic E-state index is -0.343. The first kappa shape index (κ1) is 12.4. The fourth-order valence-electron chi connectivity index (χ4n) is 2.91. The van der Waals surface area contributed by atoms with Crippen molar-refractivity contribution < 1.29 is 4.74 Å². The molecular formula is C14H22N2O. The Balaban J connectivity index is 2.41. The van der Waals surface area contributed by atoms with Crippen LogP contribution in [-0.2, 0) is 5.54 Å². The highest BCUT2D eigenvalue weighted by atomic mass is 16.5. The molecule has 0 aromatic carbocycles. The van der Waals surface area contributed by atoms with E-state index in [1.165, 1.54) is 6.42 Å². The van der Waals surface area contributed by atoms with Crippen LogP contribution in [0.1, 0.15) is 38.8 Å². The molecule has 2 N–H and O–H groups in total. The van der Waals surface area contributed by atoms with Crippen molar-refractivity contribution in [3.63, 3.8) is 0 Å². The fraction of sp³-hybridized carbons (Fsp3) is 0.643. The molecule has 3 nitrogen and oxygen atoms in total. The Kier molecular flexibility index (Phi) is 3.38. The van der Waals surface area contributed by atoms with E-state index in [1.54, 1.807) is 13.3 Å². The average molecular weight is 234 g/mol. The third kappa shape index (κ3) is 2.16. The Hall–Kier alpha value is -1.09.